The first-order chi connectivity index (χ1) is 12.0. The Kier molecular flexibility index (Phi) is 5.77. The molecule has 142 valence electrons. The molecule has 1 aromatic rings. The van der Waals surface area contributed by atoms with Crippen LogP contribution in [0.2, 0.25) is 0 Å². The number of benzene rings is 1. The van der Waals surface area contributed by atoms with Crippen LogP contribution in [0.1, 0.15) is 18.4 Å². The number of anilines is 1. The summed E-state index contributed by atoms with van der Waals surface area (Å²) >= 11 is 0. The Bertz CT molecular complexity index is 834. The Morgan fingerprint density at radius 1 is 1.46 bits per heavy atom. The molecule has 1 heterocycles. The molecule has 1 unspecified atom stereocenters. The van der Waals surface area contributed by atoms with E-state index in [1.54, 1.807) is 6.07 Å². The van der Waals surface area contributed by atoms with Gasteiger partial charge in [-0.05, 0) is 31.0 Å². The van der Waals surface area contributed by atoms with Gasteiger partial charge < -0.3 is 10.1 Å². The average molecular weight is 391 g/mol. The molecule has 1 aromatic carbocycles. The van der Waals surface area contributed by atoms with Gasteiger partial charge in [-0.3, -0.25) is 4.79 Å². The molecule has 11 heteroatoms. The molecule has 1 amide bonds. The van der Waals surface area contributed by atoms with Crippen LogP contribution in [0.25, 0.3) is 0 Å². The van der Waals surface area contributed by atoms with Crippen LogP contribution in [0, 0.1) is 11.3 Å². The van der Waals surface area contributed by atoms with Gasteiger partial charge in [0.15, 0.2) is 6.61 Å². The van der Waals surface area contributed by atoms with Gasteiger partial charge >= 0.3 is 6.18 Å². The van der Waals surface area contributed by atoms with E-state index in [1.165, 1.54) is 12.1 Å². The molecule has 26 heavy (non-hydrogen) atoms. The molecule has 1 aliphatic rings. The summed E-state index contributed by atoms with van der Waals surface area (Å²) in [6, 6.07) is 4.43. The van der Waals surface area contributed by atoms with Crippen LogP contribution >= 0.6 is 0 Å². The monoisotopic (exact) mass is 391 g/mol. The number of alkyl halides is 3. The van der Waals surface area contributed by atoms with Gasteiger partial charge in [-0.15, -0.1) is 0 Å². The van der Waals surface area contributed by atoms with E-state index in [4.69, 9.17) is 5.26 Å². The number of sulfonamides is 1. The molecule has 1 atom stereocenters. The Morgan fingerprint density at radius 2 is 2.15 bits per heavy atom. The van der Waals surface area contributed by atoms with Gasteiger partial charge in [0.1, 0.15) is 17.9 Å². The molecule has 1 N–H and O–H groups in total. The molecule has 1 fully saturated rings. The van der Waals surface area contributed by atoms with Crippen molar-refractivity contribution in [3.05, 3.63) is 23.8 Å². The number of nitrogens with one attached hydrogen (secondary N) is 1. The van der Waals surface area contributed by atoms with E-state index >= 15 is 0 Å². The second kappa shape index (κ2) is 7.51. The van der Waals surface area contributed by atoms with E-state index in [-0.39, 0.29) is 23.5 Å². The molecule has 1 saturated heterocycles. The number of carbonyl (C=O) groups is 1. The lowest BCUT2D eigenvalue weighted by molar-refractivity contribution is -0.153. The molecule has 7 nitrogen and oxygen atoms in total. The van der Waals surface area contributed by atoms with E-state index in [1.807, 2.05) is 0 Å². The zero-order valence-electron chi connectivity index (χ0n) is 13.7. The number of rotatable bonds is 5. The maximum atomic E-state index is 12.3. The van der Waals surface area contributed by atoms with Crippen molar-refractivity contribution in [1.82, 2.24) is 4.31 Å². The fraction of sp³-hybridized carbons (Fsp3) is 0.467. The van der Waals surface area contributed by atoms with E-state index < -0.39 is 34.8 Å². The number of hydrogen-bond donors (Lipinski definition) is 1. The molecule has 0 bridgehead atoms. The summed E-state index contributed by atoms with van der Waals surface area (Å²) in [6.07, 6.45) is -2.63. The van der Waals surface area contributed by atoms with Crippen molar-refractivity contribution >= 4 is 21.6 Å². The first-order valence-electron chi connectivity index (χ1n) is 7.52. The van der Waals surface area contributed by atoms with Crippen LogP contribution in [0.15, 0.2) is 18.2 Å². The fourth-order valence-corrected chi connectivity index (χ4v) is 3.73. The minimum Gasteiger partial charge on any atom is -0.483 e. The molecule has 0 aliphatic carbocycles. The van der Waals surface area contributed by atoms with Crippen molar-refractivity contribution in [1.29, 1.82) is 5.26 Å². The number of hydrogen-bond acceptors (Lipinski definition) is 5. The average Bonchev–Trinajstić information content (AvgIpc) is 3.02. The smallest absolute Gasteiger partial charge is 0.422 e. The van der Waals surface area contributed by atoms with E-state index in [9.17, 15) is 26.4 Å². The van der Waals surface area contributed by atoms with Gasteiger partial charge in [0.25, 0.3) is 0 Å². The third kappa shape index (κ3) is 5.09. The standard InChI is InChI=1S/C15H16F3N3O4S/c1-26(23,24)21-6-2-3-12(21)14(22)20-11-4-5-13(10(7-11)8-19)25-9-15(16,17)18/h4-5,7,12H,2-3,6,9H2,1H3,(H,20,22). The minimum absolute atomic E-state index is 0.159. The van der Waals surface area contributed by atoms with E-state index in [0.29, 0.717) is 12.8 Å². The quantitative estimate of drug-likeness (QED) is 0.826. The summed E-state index contributed by atoms with van der Waals surface area (Å²) in [6.45, 7) is -1.30. The normalized spacial score (nSPS) is 18.3. The van der Waals surface area contributed by atoms with Gasteiger partial charge in [0.05, 0.1) is 11.8 Å². The number of carbonyl (C=O) groups excluding carboxylic acids is 1. The maximum absolute atomic E-state index is 12.3. The number of amides is 1. The third-order valence-electron chi connectivity index (χ3n) is 3.69. The fourth-order valence-electron chi connectivity index (χ4n) is 2.61. The number of nitriles is 1. The molecule has 2 rings (SSSR count). The molecule has 0 spiro atoms. The van der Waals surface area contributed by atoms with Crippen LogP contribution in [0.3, 0.4) is 0 Å². The lowest BCUT2D eigenvalue weighted by atomic mass is 10.1. The van der Waals surface area contributed by atoms with Gasteiger partial charge in [0.2, 0.25) is 15.9 Å². The van der Waals surface area contributed by atoms with Gasteiger partial charge in [-0.25, -0.2) is 8.42 Å². The van der Waals surface area contributed by atoms with Crippen LogP contribution in [0.5, 0.6) is 5.75 Å². The Labute approximate surface area is 148 Å². The first kappa shape index (κ1) is 20.0. The highest BCUT2D eigenvalue weighted by Gasteiger charge is 2.36. The van der Waals surface area contributed by atoms with Crippen molar-refractivity contribution in [2.75, 3.05) is 24.7 Å². The molecular weight excluding hydrogens is 375 g/mol. The van der Waals surface area contributed by atoms with Crippen LogP contribution in [0.4, 0.5) is 18.9 Å². The summed E-state index contributed by atoms with van der Waals surface area (Å²) in [4.78, 5) is 12.3. The van der Waals surface area contributed by atoms with Crippen LogP contribution in [-0.4, -0.2) is 50.3 Å². The lowest BCUT2D eigenvalue weighted by Crippen LogP contribution is -2.42. The predicted octanol–water partition coefficient (Wildman–Crippen LogP) is 1.86. The molecule has 0 aromatic heterocycles. The summed E-state index contributed by atoms with van der Waals surface area (Å²) in [5.74, 6) is -0.831. The lowest BCUT2D eigenvalue weighted by Gasteiger charge is -2.21. The molecule has 0 saturated carbocycles. The maximum Gasteiger partial charge on any atom is 0.422 e. The van der Waals surface area contributed by atoms with Crippen molar-refractivity contribution in [2.45, 2.75) is 25.1 Å². The van der Waals surface area contributed by atoms with Crippen LogP contribution in [-0.2, 0) is 14.8 Å². The second-order valence-corrected chi connectivity index (χ2v) is 7.68. The summed E-state index contributed by atoms with van der Waals surface area (Å²) in [5, 5.41) is 11.5. The summed E-state index contributed by atoms with van der Waals surface area (Å²) in [7, 11) is -3.54. The Balaban J connectivity index is 2.12. The van der Waals surface area contributed by atoms with Gasteiger partial charge in [-0.1, -0.05) is 0 Å². The number of nitrogens with zero attached hydrogens (tertiary/aromatic N) is 2. The van der Waals surface area contributed by atoms with E-state index in [2.05, 4.69) is 10.1 Å². The van der Waals surface area contributed by atoms with Crippen LogP contribution < -0.4 is 10.1 Å². The highest BCUT2D eigenvalue weighted by Crippen LogP contribution is 2.26. The number of halogens is 3. The van der Waals surface area contributed by atoms with E-state index in [0.717, 1.165) is 16.6 Å². The summed E-state index contributed by atoms with van der Waals surface area (Å²) < 4.78 is 65.7. The summed E-state index contributed by atoms with van der Waals surface area (Å²) in [5.41, 5.74) is -0.0234. The first-order valence-corrected chi connectivity index (χ1v) is 9.37. The largest absolute Gasteiger partial charge is 0.483 e. The predicted molar refractivity (Wildman–Crippen MR) is 85.9 cm³/mol. The highest BCUT2D eigenvalue weighted by molar-refractivity contribution is 7.88. The van der Waals surface area contributed by atoms with Crippen molar-refractivity contribution in [2.24, 2.45) is 0 Å². The van der Waals surface area contributed by atoms with Crippen molar-refractivity contribution < 1.29 is 31.1 Å². The molecule has 1 aliphatic heterocycles. The topological polar surface area (TPSA) is 99.5 Å². The zero-order chi connectivity index (χ0) is 19.5. The zero-order valence-corrected chi connectivity index (χ0v) is 14.5. The highest BCUT2D eigenvalue weighted by atomic mass is 32.2. The SMILES string of the molecule is CS(=O)(=O)N1CCCC1C(=O)Nc1ccc(OCC(F)(F)F)c(C#N)c1. The minimum atomic E-state index is -4.54. The molecule has 0 radical (unpaired) electrons. The second-order valence-electron chi connectivity index (χ2n) is 5.75. The van der Waals surface area contributed by atoms with Crippen molar-refractivity contribution in [3.8, 4) is 11.8 Å². The van der Waals surface area contributed by atoms with Gasteiger partial charge in [0, 0.05) is 12.2 Å². The number of ether oxygens (including phenoxy) is 1. The van der Waals surface area contributed by atoms with Gasteiger partial charge in [-0.2, -0.15) is 22.7 Å². The third-order valence-corrected chi connectivity index (χ3v) is 4.98. The van der Waals surface area contributed by atoms with Crippen molar-refractivity contribution in [3.63, 3.8) is 0 Å². The Hall–Kier alpha value is -2.32. The molecular formula is C15H16F3N3O4S. The Morgan fingerprint density at radius 3 is 2.73 bits per heavy atom.